The van der Waals surface area contributed by atoms with E-state index in [-0.39, 0.29) is 24.8 Å². The normalized spacial score (nSPS) is 10.7. The maximum absolute atomic E-state index is 12.5. The lowest BCUT2D eigenvalue weighted by molar-refractivity contribution is -0.137. The van der Waals surface area contributed by atoms with E-state index < -0.39 is 5.97 Å². The molecule has 2 N–H and O–H groups in total. The molecule has 2 aromatic heterocycles. The van der Waals surface area contributed by atoms with Crippen molar-refractivity contribution in [2.45, 2.75) is 26.7 Å². The van der Waals surface area contributed by atoms with Crippen molar-refractivity contribution in [1.29, 1.82) is 0 Å². The number of amides is 2. The number of anilines is 1. The fraction of sp³-hybridized carbons (Fsp3) is 0.286. The number of carbonyl (C=O) groups excluding carboxylic acids is 2. The fourth-order valence-corrected chi connectivity index (χ4v) is 3.23. The Labute approximate surface area is 173 Å². The monoisotopic (exact) mass is 409 g/mol. The highest BCUT2D eigenvalue weighted by Crippen LogP contribution is 2.25. The van der Waals surface area contributed by atoms with E-state index in [2.05, 4.69) is 15.4 Å². The molecule has 3 rings (SSSR count). The Morgan fingerprint density at radius 2 is 2.03 bits per heavy atom. The van der Waals surface area contributed by atoms with Crippen LogP contribution in [-0.4, -0.2) is 50.6 Å². The highest BCUT2D eigenvalue weighted by atomic mass is 16.4. The average Bonchev–Trinajstić information content (AvgIpc) is 3.16. The van der Waals surface area contributed by atoms with Crippen LogP contribution in [0.5, 0.6) is 0 Å². The largest absolute Gasteiger partial charge is 0.481 e. The van der Waals surface area contributed by atoms with Crippen LogP contribution in [0.25, 0.3) is 16.9 Å². The van der Waals surface area contributed by atoms with Gasteiger partial charge in [0.25, 0.3) is 5.91 Å². The minimum Gasteiger partial charge on any atom is -0.481 e. The second-order valence-electron chi connectivity index (χ2n) is 6.69. The SMILES string of the molecule is CCN(C(C)=O)c1cccc(-c2ccnc3c(C(=O)NCCCC(=O)O)cnn23)c1. The van der Waals surface area contributed by atoms with Gasteiger partial charge in [0.05, 0.1) is 11.9 Å². The number of hydrogen-bond acceptors (Lipinski definition) is 5. The van der Waals surface area contributed by atoms with Crippen LogP contribution in [0.4, 0.5) is 5.69 Å². The second kappa shape index (κ2) is 9.17. The molecule has 0 radical (unpaired) electrons. The van der Waals surface area contributed by atoms with Gasteiger partial charge in [-0.15, -0.1) is 0 Å². The van der Waals surface area contributed by atoms with Gasteiger partial charge in [0.1, 0.15) is 5.56 Å². The Morgan fingerprint density at radius 1 is 1.23 bits per heavy atom. The number of carbonyl (C=O) groups is 3. The van der Waals surface area contributed by atoms with Crippen LogP contribution in [-0.2, 0) is 9.59 Å². The second-order valence-corrected chi connectivity index (χ2v) is 6.69. The number of carboxylic acid groups (broad SMARTS) is 1. The first-order valence-electron chi connectivity index (χ1n) is 9.63. The van der Waals surface area contributed by atoms with Gasteiger partial charge in [0, 0.05) is 43.9 Å². The zero-order valence-corrected chi connectivity index (χ0v) is 16.8. The highest BCUT2D eigenvalue weighted by molar-refractivity contribution is 6.00. The first-order chi connectivity index (χ1) is 14.4. The lowest BCUT2D eigenvalue weighted by Gasteiger charge is -2.19. The Balaban J connectivity index is 1.90. The van der Waals surface area contributed by atoms with Gasteiger partial charge in [-0.3, -0.25) is 14.4 Å². The molecule has 0 aliphatic rings. The van der Waals surface area contributed by atoms with Gasteiger partial charge < -0.3 is 15.3 Å². The summed E-state index contributed by atoms with van der Waals surface area (Å²) in [7, 11) is 0. The number of hydrogen-bond donors (Lipinski definition) is 2. The molecule has 30 heavy (non-hydrogen) atoms. The van der Waals surface area contributed by atoms with Crippen molar-refractivity contribution < 1.29 is 19.5 Å². The molecule has 2 amide bonds. The van der Waals surface area contributed by atoms with Crippen LogP contribution in [0.2, 0.25) is 0 Å². The van der Waals surface area contributed by atoms with Crippen molar-refractivity contribution >= 4 is 29.1 Å². The number of nitrogens with zero attached hydrogens (tertiary/aromatic N) is 4. The predicted molar refractivity (Wildman–Crippen MR) is 111 cm³/mol. The van der Waals surface area contributed by atoms with E-state index in [1.807, 2.05) is 31.2 Å². The highest BCUT2D eigenvalue weighted by Gasteiger charge is 2.17. The third-order valence-electron chi connectivity index (χ3n) is 4.65. The van der Waals surface area contributed by atoms with Crippen LogP contribution < -0.4 is 10.2 Å². The third-order valence-corrected chi connectivity index (χ3v) is 4.65. The number of aliphatic carboxylic acids is 1. The maximum atomic E-state index is 12.5. The Bertz CT molecular complexity index is 1090. The number of benzene rings is 1. The number of carboxylic acids is 1. The molecule has 156 valence electrons. The topological polar surface area (TPSA) is 117 Å². The first-order valence-corrected chi connectivity index (χ1v) is 9.63. The molecule has 0 aliphatic carbocycles. The lowest BCUT2D eigenvalue weighted by atomic mass is 10.1. The number of rotatable bonds is 8. The molecule has 0 atom stereocenters. The summed E-state index contributed by atoms with van der Waals surface area (Å²) in [4.78, 5) is 40.9. The van der Waals surface area contributed by atoms with E-state index in [4.69, 9.17) is 5.11 Å². The molecule has 0 unspecified atom stereocenters. The summed E-state index contributed by atoms with van der Waals surface area (Å²) in [6.07, 6.45) is 3.37. The minimum atomic E-state index is -0.903. The summed E-state index contributed by atoms with van der Waals surface area (Å²) in [5, 5.41) is 15.7. The molecular weight excluding hydrogens is 386 g/mol. The summed E-state index contributed by atoms with van der Waals surface area (Å²) in [6.45, 7) is 4.24. The summed E-state index contributed by atoms with van der Waals surface area (Å²) in [6, 6.07) is 9.32. The van der Waals surface area contributed by atoms with Crippen LogP contribution >= 0.6 is 0 Å². The summed E-state index contributed by atoms with van der Waals surface area (Å²) in [5.41, 5.74) is 3.04. The lowest BCUT2D eigenvalue weighted by Crippen LogP contribution is -2.27. The molecule has 9 heteroatoms. The van der Waals surface area contributed by atoms with Gasteiger partial charge in [-0.25, -0.2) is 9.50 Å². The summed E-state index contributed by atoms with van der Waals surface area (Å²) >= 11 is 0. The van der Waals surface area contributed by atoms with Crippen molar-refractivity contribution in [3.63, 3.8) is 0 Å². The fourth-order valence-electron chi connectivity index (χ4n) is 3.23. The van der Waals surface area contributed by atoms with Gasteiger partial charge in [-0.2, -0.15) is 5.10 Å². The predicted octanol–water partition coefficient (Wildman–Crippen LogP) is 2.36. The average molecular weight is 409 g/mol. The maximum Gasteiger partial charge on any atom is 0.303 e. The van der Waals surface area contributed by atoms with E-state index >= 15 is 0 Å². The minimum absolute atomic E-state index is 0.0111. The van der Waals surface area contributed by atoms with Crippen molar-refractivity contribution in [3.8, 4) is 11.3 Å². The number of fused-ring (bicyclic) bond motifs is 1. The Hall–Kier alpha value is -3.75. The molecular formula is C21H23N5O4. The summed E-state index contributed by atoms with van der Waals surface area (Å²) < 4.78 is 1.58. The van der Waals surface area contributed by atoms with E-state index in [9.17, 15) is 14.4 Å². The zero-order chi connectivity index (χ0) is 21.7. The van der Waals surface area contributed by atoms with Crippen molar-refractivity contribution in [2.24, 2.45) is 0 Å². The molecule has 3 aromatic rings. The van der Waals surface area contributed by atoms with Crippen LogP contribution in [0.1, 0.15) is 37.0 Å². The Morgan fingerprint density at radius 3 is 2.73 bits per heavy atom. The quantitative estimate of drug-likeness (QED) is 0.552. The molecule has 9 nitrogen and oxygen atoms in total. The standard InChI is InChI=1S/C21H23N5O4/c1-3-25(14(2)27)16-7-4-6-15(12-16)18-9-11-22-20-17(13-24-26(18)20)21(30)23-10-5-8-19(28)29/h4,6-7,9,11-13H,3,5,8,10H2,1-2H3,(H,23,30)(H,28,29). The smallest absolute Gasteiger partial charge is 0.303 e. The summed E-state index contributed by atoms with van der Waals surface area (Å²) in [5.74, 6) is -1.31. The number of nitrogens with one attached hydrogen (secondary N) is 1. The van der Waals surface area contributed by atoms with E-state index in [0.29, 0.717) is 24.2 Å². The van der Waals surface area contributed by atoms with Crippen molar-refractivity contribution in [3.05, 3.63) is 48.3 Å². The van der Waals surface area contributed by atoms with Crippen LogP contribution in [0.15, 0.2) is 42.7 Å². The van der Waals surface area contributed by atoms with E-state index in [1.54, 1.807) is 21.7 Å². The van der Waals surface area contributed by atoms with E-state index in [1.165, 1.54) is 13.1 Å². The molecule has 0 saturated heterocycles. The first kappa shape index (κ1) is 21.0. The van der Waals surface area contributed by atoms with Crippen molar-refractivity contribution in [1.82, 2.24) is 19.9 Å². The van der Waals surface area contributed by atoms with Crippen molar-refractivity contribution in [2.75, 3.05) is 18.0 Å². The third kappa shape index (κ3) is 4.45. The molecule has 1 aromatic carbocycles. The van der Waals surface area contributed by atoms with Crippen LogP contribution in [0.3, 0.4) is 0 Å². The molecule has 0 saturated carbocycles. The number of aromatic nitrogens is 3. The molecule has 0 aliphatic heterocycles. The van der Waals surface area contributed by atoms with Gasteiger partial charge in [-0.05, 0) is 31.5 Å². The van der Waals surface area contributed by atoms with Gasteiger partial charge in [0.2, 0.25) is 5.91 Å². The molecule has 0 spiro atoms. The van der Waals surface area contributed by atoms with Gasteiger partial charge in [-0.1, -0.05) is 12.1 Å². The zero-order valence-electron chi connectivity index (χ0n) is 16.8. The molecule has 0 fully saturated rings. The molecule has 0 bridgehead atoms. The van der Waals surface area contributed by atoms with Gasteiger partial charge >= 0.3 is 5.97 Å². The van der Waals surface area contributed by atoms with Gasteiger partial charge in [0.15, 0.2) is 5.65 Å². The molecule has 2 heterocycles. The Kier molecular flexibility index (Phi) is 6.41. The van der Waals surface area contributed by atoms with Crippen LogP contribution in [0, 0.1) is 0 Å². The van der Waals surface area contributed by atoms with E-state index in [0.717, 1.165) is 16.9 Å².